The molecule has 6 rings (SSSR count). The Kier molecular flexibility index (Phi) is 6.27. The van der Waals surface area contributed by atoms with E-state index in [1.807, 2.05) is 24.3 Å². The van der Waals surface area contributed by atoms with Gasteiger partial charge in [-0.3, -0.25) is 9.69 Å². The topological polar surface area (TPSA) is 114 Å². The molecule has 0 spiro atoms. The van der Waals surface area contributed by atoms with E-state index in [1.54, 1.807) is 30.3 Å². The zero-order valence-corrected chi connectivity index (χ0v) is 22.6. The van der Waals surface area contributed by atoms with Gasteiger partial charge in [-0.25, -0.2) is 18.1 Å². The van der Waals surface area contributed by atoms with Crippen LogP contribution in [0.3, 0.4) is 0 Å². The molecule has 36 heavy (non-hydrogen) atoms. The van der Waals surface area contributed by atoms with Crippen LogP contribution in [0.25, 0.3) is 10.9 Å². The Morgan fingerprint density at radius 2 is 1.61 bits per heavy atom. The van der Waals surface area contributed by atoms with E-state index in [0.717, 1.165) is 21.4 Å². The normalized spacial score (nSPS) is 19.3. The first-order chi connectivity index (χ1) is 16.8. The van der Waals surface area contributed by atoms with Gasteiger partial charge < -0.3 is 9.54 Å². The zero-order valence-electron chi connectivity index (χ0n) is 19.0. The predicted octanol–water partition coefficient (Wildman–Crippen LogP) is 1.21. The van der Waals surface area contributed by atoms with E-state index in [1.165, 1.54) is 23.1 Å². The number of aromatic nitrogens is 1. The number of aromatic amines is 1. The van der Waals surface area contributed by atoms with Gasteiger partial charge in [0.05, 0.1) is 10.6 Å². The maximum atomic E-state index is 13.8. The summed E-state index contributed by atoms with van der Waals surface area (Å²) in [5.74, 6) is -0.430. The van der Waals surface area contributed by atoms with Crippen LogP contribution in [0.1, 0.15) is 22.9 Å². The Morgan fingerprint density at radius 1 is 0.944 bits per heavy atom. The van der Waals surface area contributed by atoms with Crippen molar-refractivity contribution >= 4 is 50.2 Å². The largest absolute Gasteiger partial charge is 1.00 e. The Bertz CT molecular complexity index is 1640. The number of para-hydroxylation sites is 1. The molecular weight excluding hydrogens is 513 g/mol. The molecule has 3 heterocycles. The van der Waals surface area contributed by atoms with Gasteiger partial charge in [0.2, 0.25) is 0 Å². The molecule has 1 aromatic heterocycles. The van der Waals surface area contributed by atoms with E-state index in [-0.39, 0.29) is 41.5 Å². The van der Waals surface area contributed by atoms with Crippen molar-refractivity contribution in [3.63, 3.8) is 0 Å². The van der Waals surface area contributed by atoms with E-state index in [9.17, 15) is 22.6 Å². The van der Waals surface area contributed by atoms with E-state index in [4.69, 9.17) is 11.6 Å². The maximum absolute atomic E-state index is 13.8. The van der Waals surface area contributed by atoms with Crippen LogP contribution in [0.5, 0.6) is 0 Å². The predicted molar refractivity (Wildman–Crippen MR) is 128 cm³/mol. The van der Waals surface area contributed by atoms with Crippen LogP contribution in [0, 0.1) is 0 Å². The summed E-state index contributed by atoms with van der Waals surface area (Å²) in [5.41, 5.74) is 2.68. The zero-order chi connectivity index (χ0) is 24.5. The number of urea groups is 1. The minimum absolute atomic E-state index is 0. The van der Waals surface area contributed by atoms with Crippen LogP contribution >= 0.6 is 11.6 Å². The summed E-state index contributed by atoms with van der Waals surface area (Å²) in [7, 11) is -4.86. The molecule has 2 aliphatic heterocycles. The summed E-state index contributed by atoms with van der Waals surface area (Å²) in [6, 6.07) is 17.2. The number of carbonyl (C=O) groups excluding carboxylic acids is 2. The minimum Gasteiger partial charge on any atom is -0.744 e. The molecule has 2 atom stereocenters. The second-order valence-corrected chi connectivity index (χ2v) is 10.3. The molecule has 1 N–H and O–H groups in total. The molecule has 176 valence electrons. The van der Waals surface area contributed by atoms with Crippen molar-refractivity contribution < 1.29 is 52.1 Å². The third kappa shape index (κ3) is 3.78. The number of carbonyl (C=O) groups is 2. The maximum Gasteiger partial charge on any atom is 1.00 e. The molecule has 0 saturated carbocycles. The Labute approximate surface area is 233 Å². The number of fused-ring (bicyclic) bond motifs is 4. The molecule has 3 amide bonds. The van der Waals surface area contributed by atoms with Crippen LogP contribution < -0.4 is 34.5 Å². The Morgan fingerprint density at radius 3 is 2.33 bits per heavy atom. The SMILES string of the molecule is O=C1C2Cc3c([nH]c4ccccc34)C(c3ccccc3S(=O)(=O)[O-])N2C(=O)N1c1ccc(Cl)cc1.[Na+]. The quantitative estimate of drug-likeness (QED) is 0.243. The fourth-order valence-electron chi connectivity index (χ4n) is 5.16. The van der Waals surface area contributed by atoms with Crippen molar-refractivity contribution in [2.45, 2.75) is 23.4 Å². The summed E-state index contributed by atoms with van der Waals surface area (Å²) in [5, 5.41) is 1.33. The number of hydrogen-bond donors (Lipinski definition) is 1. The van der Waals surface area contributed by atoms with Gasteiger partial charge in [0.1, 0.15) is 22.2 Å². The summed E-state index contributed by atoms with van der Waals surface area (Å²) in [6.07, 6.45) is 0.247. The number of imide groups is 1. The number of hydrogen-bond acceptors (Lipinski definition) is 5. The molecule has 0 aliphatic carbocycles. The molecule has 8 nitrogen and oxygen atoms in total. The minimum atomic E-state index is -4.86. The van der Waals surface area contributed by atoms with E-state index >= 15 is 0 Å². The number of anilines is 1. The Hall–Kier alpha value is -2.66. The van der Waals surface area contributed by atoms with Gasteiger partial charge in [0, 0.05) is 28.0 Å². The number of H-pyrrole nitrogens is 1. The van der Waals surface area contributed by atoms with Crippen molar-refractivity contribution in [3.8, 4) is 0 Å². The summed E-state index contributed by atoms with van der Waals surface area (Å²) >= 11 is 5.99. The fraction of sp³-hybridized carbons (Fsp3) is 0.120. The van der Waals surface area contributed by atoms with Crippen molar-refractivity contribution in [1.29, 1.82) is 0 Å². The number of nitrogens with zero attached hydrogens (tertiary/aromatic N) is 2. The van der Waals surface area contributed by atoms with Gasteiger partial charge in [-0.15, -0.1) is 0 Å². The van der Waals surface area contributed by atoms with Crippen LogP contribution in [-0.2, 0) is 21.3 Å². The third-order valence-electron chi connectivity index (χ3n) is 6.62. The average Bonchev–Trinajstić information content (AvgIpc) is 3.33. The fourth-order valence-corrected chi connectivity index (χ4v) is 6.00. The standard InChI is InChI=1S/C25H18ClN3O5S.Na/c26-14-9-11-15(12-10-14)28-24(30)20-13-18-16-5-1-3-7-19(16)27-22(18)23(29(20)25(28)31)17-6-2-4-8-21(17)35(32,33)34;/h1-12,20,23,27H,13H2,(H,32,33,34);/q;+1/p-1. The molecule has 2 unspecified atom stereocenters. The van der Waals surface area contributed by atoms with Gasteiger partial charge in [0.15, 0.2) is 0 Å². The first-order valence-electron chi connectivity index (χ1n) is 10.8. The Balaban J connectivity index is 0.00000267. The molecule has 0 radical (unpaired) electrons. The first kappa shape index (κ1) is 25.0. The van der Waals surface area contributed by atoms with Gasteiger partial charge in [-0.1, -0.05) is 48.0 Å². The van der Waals surface area contributed by atoms with Crippen LogP contribution in [0.15, 0.2) is 77.7 Å². The number of benzene rings is 3. The summed E-state index contributed by atoms with van der Waals surface area (Å²) in [4.78, 5) is 32.7. The van der Waals surface area contributed by atoms with E-state index in [0.29, 0.717) is 16.4 Å². The molecule has 2 aliphatic rings. The van der Waals surface area contributed by atoms with Gasteiger partial charge >= 0.3 is 35.6 Å². The van der Waals surface area contributed by atoms with Crippen molar-refractivity contribution in [3.05, 3.63) is 94.6 Å². The monoisotopic (exact) mass is 529 g/mol. The van der Waals surface area contributed by atoms with Crippen LogP contribution in [-0.4, -0.2) is 40.8 Å². The smallest absolute Gasteiger partial charge is 0.744 e. The number of rotatable bonds is 3. The van der Waals surface area contributed by atoms with Crippen molar-refractivity contribution in [1.82, 2.24) is 9.88 Å². The summed E-state index contributed by atoms with van der Waals surface area (Å²) in [6.45, 7) is 0. The van der Waals surface area contributed by atoms with Crippen molar-refractivity contribution in [2.75, 3.05) is 4.90 Å². The molecular formula is C25H17ClN3NaO5S. The number of nitrogens with one attached hydrogen (secondary N) is 1. The first-order valence-corrected chi connectivity index (χ1v) is 12.6. The second kappa shape index (κ2) is 9.02. The molecule has 0 bridgehead atoms. The van der Waals surface area contributed by atoms with Gasteiger partial charge in [0.25, 0.3) is 5.91 Å². The van der Waals surface area contributed by atoms with E-state index in [2.05, 4.69) is 4.98 Å². The molecule has 1 fully saturated rings. The van der Waals surface area contributed by atoms with Crippen molar-refractivity contribution in [2.24, 2.45) is 0 Å². The van der Waals surface area contributed by atoms with Gasteiger partial charge in [-0.2, -0.15) is 0 Å². The van der Waals surface area contributed by atoms with Gasteiger partial charge in [-0.05, 0) is 47.5 Å². The number of amides is 3. The average molecular weight is 530 g/mol. The number of halogens is 1. The molecule has 4 aromatic rings. The van der Waals surface area contributed by atoms with E-state index < -0.39 is 39.0 Å². The van der Waals surface area contributed by atoms with Crippen LogP contribution in [0.4, 0.5) is 10.5 Å². The third-order valence-corrected chi connectivity index (χ3v) is 7.78. The molecule has 3 aromatic carbocycles. The summed E-state index contributed by atoms with van der Waals surface area (Å²) < 4.78 is 36.5. The molecule has 11 heteroatoms. The molecule has 1 saturated heterocycles. The second-order valence-electron chi connectivity index (χ2n) is 8.52. The van der Waals surface area contributed by atoms with Crippen LogP contribution in [0.2, 0.25) is 5.02 Å².